The zero-order valence-electron chi connectivity index (χ0n) is 15.6. The van der Waals surface area contributed by atoms with Gasteiger partial charge in [-0.2, -0.15) is 4.31 Å². The minimum Gasteiger partial charge on any atom is -0.492 e. The number of halogens is 2. The molecule has 10 heteroatoms. The highest BCUT2D eigenvalue weighted by Gasteiger charge is 2.32. The molecular weight excluding hydrogens is 439 g/mol. The number of hydrogen-bond acceptors (Lipinski definition) is 5. The molecular formula is C19H20Cl2N2O5S. The van der Waals surface area contributed by atoms with Gasteiger partial charge in [0.25, 0.3) is 0 Å². The smallest absolute Gasteiger partial charge is 0.337 e. The Labute approximate surface area is 179 Å². The average Bonchev–Trinajstić information content (AvgIpc) is 2.68. The van der Waals surface area contributed by atoms with E-state index in [1.165, 1.54) is 4.31 Å². The van der Waals surface area contributed by atoms with Crippen molar-refractivity contribution in [1.82, 2.24) is 4.31 Å². The van der Waals surface area contributed by atoms with Crippen molar-refractivity contribution in [1.29, 1.82) is 0 Å². The second-order valence-corrected chi connectivity index (χ2v) is 9.08. The van der Waals surface area contributed by atoms with E-state index in [1.54, 1.807) is 0 Å². The fraction of sp³-hybridized carbons (Fsp3) is 0.316. The van der Waals surface area contributed by atoms with Crippen LogP contribution in [0.1, 0.15) is 17.3 Å². The predicted octanol–water partition coefficient (Wildman–Crippen LogP) is 3.60. The summed E-state index contributed by atoms with van der Waals surface area (Å²) in [5.74, 6) is -0.571. The molecule has 1 fully saturated rings. The molecule has 1 heterocycles. The number of aromatic carboxylic acids is 1. The van der Waals surface area contributed by atoms with Gasteiger partial charge in [-0.15, -0.1) is 0 Å². The number of benzene rings is 2. The quantitative estimate of drug-likeness (QED) is 0.711. The molecule has 0 saturated carbocycles. The molecule has 1 aliphatic heterocycles. The Morgan fingerprint density at radius 2 is 1.76 bits per heavy atom. The monoisotopic (exact) mass is 458 g/mol. The van der Waals surface area contributed by atoms with Crippen molar-refractivity contribution >= 4 is 44.9 Å². The minimum absolute atomic E-state index is 0.107. The lowest BCUT2D eigenvalue weighted by atomic mass is 10.2. The van der Waals surface area contributed by atoms with E-state index in [0.717, 1.165) is 23.6 Å². The summed E-state index contributed by atoms with van der Waals surface area (Å²) in [5, 5.41) is 9.01. The van der Waals surface area contributed by atoms with Crippen molar-refractivity contribution in [2.75, 3.05) is 37.7 Å². The maximum Gasteiger partial charge on any atom is 0.337 e. The molecule has 1 N–H and O–H groups in total. The summed E-state index contributed by atoms with van der Waals surface area (Å²) in [4.78, 5) is 13.1. The van der Waals surface area contributed by atoms with E-state index in [2.05, 4.69) is 4.90 Å². The van der Waals surface area contributed by atoms with Gasteiger partial charge in [0, 0.05) is 26.2 Å². The first-order chi connectivity index (χ1) is 13.8. The number of para-hydroxylation sites is 2. The van der Waals surface area contributed by atoms with Crippen LogP contribution in [-0.4, -0.2) is 56.6 Å². The number of rotatable bonds is 6. The molecule has 1 saturated heterocycles. The Kier molecular flexibility index (Phi) is 6.58. The summed E-state index contributed by atoms with van der Waals surface area (Å²) in [7, 11) is -3.97. The number of ether oxygens (including phenoxy) is 1. The molecule has 0 aromatic heterocycles. The van der Waals surface area contributed by atoms with Crippen molar-refractivity contribution in [3.8, 4) is 5.75 Å². The molecule has 0 atom stereocenters. The number of piperazine rings is 1. The van der Waals surface area contributed by atoms with Crippen LogP contribution in [0.15, 0.2) is 41.3 Å². The minimum atomic E-state index is -3.97. The van der Waals surface area contributed by atoms with Crippen molar-refractivity contribution < 1.29 is 23.1 Å². The van der Waals surface area contributed by atoms with Gasteiger partial charge in [-0.3, -0.25) is 0 Å². The van der Waals surface area contributed by atoms with Crippen LogP contribution in [0.25, 0.3) is 0 Å². The largest absolute Gasteiger partial charge is 0.492 e. The molecule has 0 bridgehead atoms. The lowest BCUT2D eigenvalue weighted by Crippen LogP contribution is -2.48. The van der Waals surface area contributed by atoms with E-state index in [9.17, 15) is 18.3 Å². The van der Waals surface area contributed by atoms with E-state index in [4.69, 9.17) is 27.9 Å². The first kappa shape index (κ1) is 21.7. The maximum absolute atomic E-state index is 13.1. The van der Waals surface area contributed by atoms with Crippen molar-refractivity contribution in [2.45, 2.75) is 11.8 Å². The van der Waals surface area contributed by atoms with Crippen molar-refractivity contribution in [3.05, 3.63) is 52.0 Å². The van der Waals surface area contributed by atoms with Gasteiger partial charge in [0.05, 0.1) is 27.9 Å². The Bertz CT molecular complexity index is 1020. The maximum atomic E-state index is 13.1. The number of sulfonamides is 1. The van der Waals surface area contributed by atoms with E-state index in [-0.39, 0.29) is 33.6 Å². The third-order valence-corrected chi connectivity index (χ3v) is 7.29. The molecule has 2 aromatic carbocycles. The summed E-state index contributed by atoms with van der Waals surface area (Å²) in [5.41, 5.74) is 0.600. The van der Waals surface area contributed by atoms with Gasteiger partial charge in [0.1, 0.15) is 10.6 Å². The molecule has 0 amide bonds. The predicted molar refractivity (Wildman–Crippen MR) is 112 cm³/mol. The Morgan fingerprint density at radius 3 is 2.38 bits per heavy atom. The van der Waals surface area contributed by atoms with Crippen LogP contribution in [-0.2, 0) is 10.0 Å². The fourth-order valence-electron chi connectivity index (χ4n) is 3.20. The second kappa shape index (κ2) is 8.79. The number of carboxylic acid groups (broad SMARTS) is 1. The lowest BCUT2D eigenvalue weighted by Gasteiger charge is -2.36. The average molecular weight is 459 g/mol. The van der Waals surface area contributed by atoms with E-state index in [1.807, 2.05) is 31.2 Å². The highest BCUT2D eigenvalue weighted by molar-refractivity contribution is 7.89. The van der Waals surface area contributed by atoms with Gasteiger partial charge < -0.3 is 14.7 Å². The number of carbonyl (C=O) groups is 1. The highest BCUT2D eigenvalue weighted by atomic mass is 35.5. The van der Waals surface area contributed by atoms with Gasteiger partial charge in [-0.1, -0.05) is 35.3 Å². The Balaban J connectivity index is 1.82. The summed E-state index contributed by atoms with van der Waals surface area (Å²) in [6, 6.07) is 9.76. The number of anilines is 1. The van der Waals surface area contributed by atoms with Crippen LogP contribution in [0.2, 0.25) is 10.0 Å². The molecule has 29 heavy (non-hydrogen) atoms. The third kappa shape index (κ3) is 4.45. The topological polar surface area (TPSA) is 87.2 Å². The first-order valence-corrected chi connectivity index (χ1v) is 11.1. The summed E-state index contributed by atoms with van der Waals surface area (Å²) in [6.45, 7) is 3.81. The molecule has 7 nitrogen and oxygen atoms in total. The van der Waals surface area contributed by atoms with Gasteiger partial charge in [0.15, 0.2) is 0 Å². The van der Waals surface area contributed by atoms with Gasteiger partial charge in [-0.25, -0.2) is 13.2 Å². The second-order valence-electron chi connectivity index (χ2n) is 6.36. The van der Waals surface area contributed by atoms with Crippen LogP contribution in [0.4, 0.5) is 5.69 Å². The van der Waals surface area contributed by atoms with E-state index < -0.39 is 16.0 Å². The Morgan fingerprint density at radius 1 is 1.10 bits per heavy atom. The molecule has 1 aliphatic rings. The molecule has 156 valence electrons. The van der Waals surface area contributed by atoms with Crippen LogP contribution < -0.4 is 9.64 Å². The zero-order valence-corrected chi connectivity index (χ0v) is 18.0. The lowest BCUT2D eigenvalue weighted by molar-refractivity contribution is 0.0697. The van der Waals surface area contributed by atoms with Crippen molar-refractivity contribution in [3.63, 3.8) is 0 Å². The highest BCUT2D eigenvalue weighted by Crippen LogP contribution is 2.33. The summed E-state index contributed by atoms with van der Waals surface area (Å²) >= 11 is 11.9. The normalized spacial score (nSPS) is 15.3. The number of hydrogen-bond donors (Lipinski definition) is 1. The van der Waals surface area contributed by atoms with Gasteiger partial charge in [0.2, 0.25) is 10.0 Å². The van der Waals surface area contributed by atoms with Gasteiger partial charge in [-0.05, 0) is 31.2 Å². The van der Waals surface area contributed by atoms with Crippen LogP contribution >= 0.6 is 23.2 Å². The third-order valence-electron chi connectivity index (χ3n) is 4.61. The molecule has 2 aromatic rings. The zero-order chi connectivity index (χ0) is 21.2. The van der Waals surface area contributed by atoms with E-state index in [0.29, 0.717) is 19.7 Å². The van der Waals surface area contributed by atoms with Crippen LogP contribution in [0.5, 0.6) is 5.75 Å². The first-order valence-electron chi connectivity index (χ1n) is 8.95. The molecule has 3 rings (SSSR count). The SMILES string of the molecule is CCOc1ccccc1N1CCN(S(=O)(=O)c2cc(C(=O)O)c(Cl)cc2Cl)CC1. The number of nitrogens with zero attached hydrogens (tertiary/aromatic N) is 2. The van der Waals surface area contributed by atoms with Gasteiger partial charge >= 0.3 is 5.97 Å². The summed E-state index contributed by atoms with van der Waals surface area (Å²) in [6.07, 6.45) is 0. The molecule has 0 spiro atoms. The molecule has 0 radical (unpaired) electrons. The van der Waals surface area contributed by atoms with Crippen molar-refractivity contribution in [2.24, 2.45) is 0 Å². The standard InChI is InChI=1S/C19H20Cl2N2O5S/c1-2-28-17-6-4-3-5-16(17)22-7-9-23(10-8-22)29(26,27)18-11-13(19(24)25)14(20)12-15(18)21/h3-6,11-12H,2,7-10H2,1H3,(H,24,25). The fourth-order valence-corrected chi connectivity index (χ4v) is 5.45. The summed E-state index contributed by atoms with van der Waals surface area (Å²) < 4.78 is 33.1. The van der Waals surface area contributed by atoms with Crippen LogP contribution in [0.3, 0.4) is 0 Å². The van der Waals surface area contributed by atoms with E-state index >= 15 is 0 Å². The molecule has 0 unspecified atom stereocenters. The number of carboxylic acids is 1. The molecule has 0 aliphatic carbocycles. The Hall–Kier alpha value is -2.00. The van der Waals surface area contributed by atoms with Crippen LogP contribution in [0, 0.1) is 0 Å².